The summed E-state index contributed by atoms with van der Waals surface area (Å²) >= 11 is 0. The summed E-state index contributed by atoms with van der Waals surface area (Å²) in [6.45, 7) is 10.5. The van der Waals surface area contributed by atoms with E-state index in [9.17, 15) is 4.79 Å². The third-order valence-corrected chi connectivity index (χ3v) is 3.41. The van der Waals surface area contributed by atoms with E-state index in [4.69, 9.17) is 9.47 Å². The number of carbonyl (C=O) groups is 1. The molecule has 20 heavy (non-hydrogen) atoms. The van der Waals surface area contributed by atoms with Crippen molar-refractivity contribution in [3.8, 4) is 0 Å². The molecular weight excluding hydrogens is 258 g/mol. The normalized spacial score (nSPS) is 17.3. The maximum Gasteiger partial charge on any atom is 0.219 e. The van der Waals surface area contributed by atoms with Crippen molar-refractivity contribution in [2.45, 2.75) is 13.3 Å². The van der Waals surface area contributed by atoms with Gasteiger partial charge in [-0.1, -0.05) is 6.92 Å². The minimum Gasteiger partial charge on any atom is -0.378 e. The maximum atomic E-state index is 11.0. The highest BCUT2D eigenvalue weighted by molar-refractivity contribution is 5.75. The van der Waals surface area contributed by atoms with Gasteiger partial charge in [0.05, 0.1) is 26.4 Å². The van der Waals surface area contributed by atoms with Crippen LogP contribution in [0.5, 0.6) is 0 Å². The van der Waals surface area contributed by atoms with Crippen LogP contribution in [0, 0.1) is 0 Å². The number of hydrogen-bond donors (Lipinski definition) is 1. The summed E-state index contributed by atoms with van der Waals surface area (Å²) in [4.78, 5) is 15.7. The lowest BCUT2D eigenvalue weighted by molar-refractivity contribution is -0.121. The molecule has 0 radical (unpaired) electrons. The van der Waals surface area contributed by atoms with Crippen LogP contribution in [0.2, 0.25) is 0 Å². The van der Waals surface area contributed by atoms with Crippen LogP contribution < -0.4 is 5.32 Å². The SMILES string of the molecule is CCC(=O)NCCOCCOCCN1CCN(C)CC1. The van der Waals surface area contributed by atoms with Crippen LogP contribution in [0.3, 0.4) is 0 Å². The molecule has 0 aliphatic carbocycles. The van der Waals surface area contributed by atoms with Crippen molar-refractivity contribution in [3.05, 3.63) is 0 Å². The zero-order chi connectivity index (χ0) is 14.6. The van der Waals surface area contributed by atoms with E-state index in [0.717, 1.165) is 39.3 Å². The Labute approximate surface area is 122 Å². The van der Waals surface area contributed by atoms with E-state index in [2.05, 4.69) is 22.2 Å². The Morgan fingerprint density at radius 3 is 2.35 bits per heavy atom. The Kier molecular flexibility index (Phi) is 9.57. The number of ether oxygens (including phenoxy) is 2. The summed E-state index contributed by atoms with van der Waals surface area (Å²) in [7, 11) is 2.16. The zero-order valence-electron chi connectivity index (χ0n) is 12.9. The van der Waals surface area contributed by atoms with Gasteiger partial charge in [-0.3, -0.25) is 9.69 Å². The van der Waals surface area contributed by atoms with Crippen LogP contribution in [0.1, 0.15) is 13.3 Å². The zero-order valence-corrected chi connectivity index (χ0v) is 12.9. The van der Waals surface area contributed by atoms with Gasteiger partial charge >= 0.3 is 0 Å². The monoisotopic (exact) mass is 287 g/mol. The average Bonchev–Trinajstić information content (AvgIpc) is 2.47. The number of carbonyl (C=O) groups excluding carboxylic acids is 1. The Hall–Kier alpha value is -0.690. The Morgan fingerprint density at radius 1 is 1.05 bits per heavy atom. The molecule has 0 atom stereocenters. The molecule has 0 unspecified atom stereocenters. The van der Waals surface area contributed by atoms with E-state index in [1.54, 1.807) is 0 Å². The minimum absolute atomic E-state index is 0.0667. The van der Waals surface area contributed by atoms with Crippen LogP contribution in [-0.2, 0) is 14.3 Å². The van der Waals surface area contributed by atoms with E-state index >= 15 is 0 Å². The maximum absolute atomic E-state index is 11.0. The first-order valence-corrected chi connectivity index (χ1v) is 7.55. The second-order valence-electron chi connectivity index (χ2n) is 5.07. The highest BCUT2D eigenvalue weighted by Crippen LogP contribution is 1.98. The molecule has 0 aromatic heterocycles. The van der Waals surface area contributed by atoms with Gasteiger partial charge in [0.15, 0.2) is 0 Å². The van der Waals surface area contributed by atoms with Gasteiger partial charge in [-0.15, -0.1) is 0 Å². The number of likely N-dealkylation sites (N-methyl/N-ethyl adjacent to an activating group) is 1. The van der Waals surface area contributed by atoms with Gasteiger partial charge in [0.25, 0.3) is 0 Å². The lowest BCUT2D eigenvalue weighted by atomic mass is 10.3. The van der Waals surface area contributed by atoms with Crippen LogP contribution in [0.4, 0.5) is 0 Å². The van der Waals surface area contributed by atoms with Gasteiger partial charge < -0.3 is 19.7 Å². The quantitative estimate of drug-likeness (QED) is 0.564. The number of rotatable bonds is 10. The van der Waals surface area contributed by atoms with E-state index in [1.165, 1.54) is 0 Å². The standard InChI is InChI=1S/C14H29N3O3/c1-3-14(18)15-4-10-19-12-13-20-11-9-17-7-5-16(2)6-8-17/h3-13H2,1-2H3,(H,15,18). The van der Waals surface area contributed by atoms with Crippen molar-refractivity contribution in [1.29, 1.82) is 0 Å². The lowest BCUT2D eigenvalue weighted by Crippen LogP contribution is -2.45. The number of nitrogens with one attached hydrogen (secondary N) is 1. The molecule has 1 saturated heterocycles. The van der Waals surface area contributed by atoms with Crippen molar-refractivity contribution < 1.29 is 14.3 Å². The first kappa shape index (κ1) is 17.4. The number of amides is 1. The van der Waals surface area contributed by atoms with Crippen LogP contribution >= 0.6 is 0 Å². The van der Waals surface area contributed by atoms with Crippen molar-refractivity contribution in [3.63, 3.8) is 0 Å². The molecule has 6 heteroatoms. The molecule has 0 bridgehead atoms. The third-order valence-electron chi connectivity index (χ3n) is 3.41. The molecule has 1 N–H and O–H groups in total. The molecule has 0 saturated carbocycles. The molecule has 1 aliphatic heterocycles. The van der Waals surface area contributed by atoms with Crippen LogP contribution in [0.15, 0.2) is 0 Å². The fourth-order valence-electron chi connectivity index (χ4n) is 1.97. The molecule has 1 rings (SSSR count). The minimum atomic E-state index is 0.0667. The smallest absolute Gasteiger partial charge is 0.219 e. The van der Waals surface area contributed by atoms with Crippen molar-refractivity contribution in [2.24, 2.45) is 0 Å². The summed E-state index contributed by atoms with van der Waals surface area (Å²) in [5.74, 6) is 0.0667. The molecule has 1 heterocycles. The Bertz CT molecular complexity index is 256. The van der Waals surface area contributed by atoms with Gasteiger partial charge in [0, 0.05) is 45.7 Å². The first-order chi connectivity index (χ1) is 9.72. The van der Waals surface area contributed by atoms with Gasteiger partial charge in [-0.2, -0.15) is 0 Å². The second-order valence-corrected chi connectivity index (χ2v) is 5.07. The molecule has 0 aromatic rings. The summed E-state index contributed by atoms with van der Waals surface area (Å²) in [6.07, 6.45) is 0.523. The molecule has 1 amide bonds. The largest absolute Gasteiger partial charge is 0.378 e. The fourth-order valence-corrected chi connectivity index (χ4v) is 1.97. The molecule has 1 fully saturated rings. The highest BCUT2D eigenvalue weighted by atomic mass is 16.5. The van der Waals surface area contributed by atoms with Gasteiger partial charge in [-0.25, -0.2) is 0 Å². The summed E-state index contributed by atoms with van der Waals surface area (Å²) in [5, 5.41) is 2.77. The van der Waals surface area contributed by atoms with Gasteiger partial charge in [0.2, 0.25) is 5.91 Å². The third kappa shape index (κ3) is 8.47. The number of hydrogen-bond acceptors (Lipinski definition) is 5. The molecular formula is C14H29N3O3. The van der Waals surface area contributed by atoms with E-state index < -0.39 is 0 Å². The molecule has 118 valence electrons. The van der Waals surface area contributed by atoms with Crippen LogP contribution in [0.25, 0.3) is 0 Å². The summed E-state index contributed by atoms with van der Waals surface area (Å²) in [6, 6.07) is 0. The molecule has 1 aliphatic rings. The molecule has 0 spiro atoms. The molecule has 0 aromatic carbocycles. The van der Waals surface area contributed by atoms with E-state index in [0.29, 0.717) is 32.8 Å². The first-order valence-electron chi connectivity index (χ1n) is 7.55. The van der Waals surface area contributed by atoms with E-state index in [1.807, 2.05) is 6.92 Å². The van der Waals surface area contributed by atoms with Gasteiger partial charge in [-0.05, 0) is 7.05 Å². The lowest BCUT2D eigenvalue weighted by Gasteiger charge is -2.32. The van der Waals surface area contributed by atoms with Crippen LogP contribution in [-0.4, -0.2) is 88.5 Å². The van der Waals surface area contributed by atoms with Crippen molar-refractivity contribution >= 4 is 5.91 Å². The molecule has 6 nitrogen and oxygen atoms in total. The van der Waals surface area contributed by atoms with Gasteiger partial charge in [0.1, 0.15) is 0 Å². The number of piperazine rings is 1. The Balaban J connectivity index is 1.80. The summed E-state index contributed by atoms with van der Waals surface area (Å²) in [5.41, 5.74) is 0. The summed E-state index contributed by atoms with van der Waals surface area (Å²) < 4.78 is 10.9. The Morgan fingerprint density at radius 2 is 1.70 bits per heavy atom. The van der Waals surface area contributed by atoms with E-state index in [-0.39, 0.29) is 5.91 Å². The fraction of sp³-hybridized carbons (Fsp3) is 0.929. The topological polar surface area (TPSA) is 54.0 Å². The second kappa shape index (κ2) is 11.0. The average molecular weight is 287 g/mol. The van der Waals surface area contributed by atoms with Crippen molar-refractivity contribution in [1.82, 2.24) is 15.1 Å². The highest BCUT2D eigenvalue weighted by Gasteiger charge is 2.12. The predicted octanol–water partition coefficient (Wildman–Crippen LogP) is -0.207. The number of nitrogens with zero attached hydrogens (tertiary/aromatic N) is 2. The predicted molar refractivity (Wildman–Crippen MR) is 78.9 cm³/mol. The van der Waals surface area contributed by atoms with Crippen molar-refractivity contribution in [2.75, 3.05) is 72.7 Å².